The van der Waals surface area contributed by atoms with Crippen molar-refractivity contribution in [3.63, 3.8) is 0 Å². The van der Waals surface area contributed by atoms with Crippen molar-refractivity contribution in [1.29, 1.82) is 0 Å². The van der Waals surface area contributed by atoms with Gasteiger partial charge in [0.2, 0.25) is 0 Å². The first kappa shape index (κ1) is 12.8. The lowest BCUT2D eigenvalue weighted by Crippen LogP contribution is -2.13. The molecule has 0 saturated carbocycles. The number of hydrogen-bond donors (Lipinski definition) is 1. The van der Waals surface area contributed by atoms with Crippen molar-refractivity contribution in [3.8, 4) is 5.69 Å². The molecule has 0 spiro atoms. The highest BCUT2D eigenvalue weighted by Crippen LogP contribution is 2.22. The highest BCUT2D eigenvalue weighted by atomic mass is 16.1. The third kappa shape index (κ3) is 1.84. The molecule has 0 amide bonds. The van der Waals surface area contributed by atoms with E-state index in [0.717, 1.165) is 28.5 Å². The van der Waals surface area contributed by atoms with E-state index in [1.807, 2.05) is 36.4 Å². The summed E-state index contributed by atoms with van der Waals surface area (Å²) in [5.41, 5.74) is 3.72. The SMILES string of the molecule is CCc1ccc2ncc3c(=O)n(-c4ccccc4)[nH]c3c2c1. The van der Waals surface area contributed by atoms with Crippen LogP contribution in [0.25, 0.3) is 27.5 Å². The lowest BCUT2D eigenvalue weighted by atomic mass is 10.1. The van der Waals surface area contributed by atoms with E-state index in [0.29, 0.717) is 5.39 Å². The van der Waals surface area contributed by atoms with Crippen LogP contribution >= 0.6 is 0 Å². The largest absolute Gasteiger partial charge is 0.290 e. The van der Waals surface area contributed by atoms with Gasteiger partial charge in [0, 0.05) is 11.6 Å². The van der Waals surface area contributed by atoms with Crippen molar-refractivity contribution in [2.75, 3.05) is 0 Å². The fraction of sp³-hybridized carbons (Fsp3) is 0.111. The number of rotatable bonds is 2. The molecule has 4 aromatic rings. The third-order valence-corrected chi connectivity index (χ3v) is 4.01. The smallest absolute Gasteiger partial charge is 0.280 e. The first-order valence-corrected chi connectivity index (χ1v) is 7.35. The number of fused-ring (bicyclic) bond motifs is 3. The molecule has 2 aromatic heterocycles. The number of aromatic nitrogens is 3. The molecule has 0 aliphatic carbocycles. The van der Waals surface area contributed by atoms with Crippen LogP contribution in [0.5, 0.6) is 0 Å². The van der Waals surface area contributed by atoms with Crippen molar-refractivity contribution in [1.82, 2.24) is 14.8 Å². The fourth-order valence-corrected chi connectivity index (χ4v) is 2.78. The molecular weight excluding hydrogens is 274 g/mol. The zero-order chi connectivity index (χ0) is 15.1. The monoisotopic (exact) mass is 289 g/mol. The van der Waals surface area contributed by atoms with Gasteiger partial charge in [-0.25, -0.2) is 4.68 Å². The molecular formula is C18H15N3O. The minimum absolute atomic E-state index is 0.0718. The lowest BCUT2D eigenvalue weighted by Gasteiger charge is -2.02. The van der Waals surface area contributed by atoms with Gasteiger partial charge in [0.1, 0.15) is 0 Å². The summed E-state index contributed by atoms with van der Waals surface area (Å²) in [5.74, 6) is 0. The van der Waals surface area contributed by atoms with E-state index in [9.17, 15) is 4.79 Å². The molecule has 0 unspecified atom stereocenters. The molecule has 0 saturated heterocycles. The van der Waals surface area contributed by atoms with Crippen LogP contribution in [0, 0.1) is 0 Å². The molecule has 22 heavy (non-hydrogen) atoms. The van der Waals surface area contributed by atoms with E-state index in [4.69, 9.17) is 0 Å². The molecule has 2 aromatic carbocycles. The van der Waals surface area contributed by atoms with E-state index in [1.54, 1.807) is 10.9 Å². The van der Waals surface area contributed by atoms with Crippen molar-refractivity contribution < 1.29 is 0 Å². The Morgan fingerprint density at radius 1 is 1.09 bits per heavy atom. The predicted molar refractivity (Wildman–Crippen MR) is 88.6 cm³/mol. The Hall–Kier alpha value is -2.88. The normalized spacial score (nSPS) is 11.3. The topological polar surface area (TPSA) is 50.7 Å². The second-order valence-electron chi connectivity index (χ2n) is 5.34. The Balaban J connectivity index is 2.09. The van der Waals surface area contributed by atoms with E-state index in [1.165, 1.54) is 5.56 Å². The molecule has 4 heteroatoms. The number of nitrogens with zero attached hydrogens (tertiary/aromatic N) is 2. The van der Waals surface area contributed by atoms with Gasteiger partial charge in [0.05, 0.1) is 22.1 Å². The molecule has 4 rings (SSSR count). The second-order valence-corrected chi connectivity index (χ2v) is 5.34. The quantitative estimate of drug-likeness (QED) is 0.614. The number of aromatic amines is 1. The van der Waals surface area contributed by atoms with Gasteiger partial charge in [-0.15, -0.1) is 0 Å². The van der Waals surface area contributed by atoms with E-state index < -0.39 is 0 Å². The Morgan fingerprint density at radius 3 is 2.68 bits per heavy atom. The van der Waals surface area contributed by atoms with Gasteiger partial charge >= 0.3 is 0 Å². The van der Waals surface area contributed by atoms with Crippen LogP contribution in [0.3, 0.4) is 0 Å². The summed E-state index contributed by atoms with van der Waals surface area (Å²) in [5, 5.41) is 4.84. The minimum atomic E-state index is -0.0718. The molecule has 0 aliphatic rings. The van der Waals surface area contributed by atoms with Crippen LogP contribution in [-0.4, -0.2) is 14.8 Å². The molecule has 0 aliphatic heterocycles. The highest BCUT2D eigenvalue weighted by Gasteiger charge is 2.12. The Labute approximate surface area is 127 Å². The van der Waals surface area contributed by atoms with Crippen LogP contribution in [0.1, 0.15) is 12.5 Å². The standard InChI is InChI=1S/C18H15N3O/c1-2-12-8-9-16-14(10-12)17-15(11-19-16)18(22)21(20-17)13-6-4-3-5-7-13/h3-11,20H,2H2,1H3. The zero-order valence-electron chi connectivity index (χ0n) is 12.2. The van der Waals surface area contributed by atoms with Gasteiger partial charge < -0.3 is 0 Å². The predicted octanol–water partition coefficient (Wildman–Crippen LogP) is 3.43. The Morgan fingerprint density at radius 2 is 1.91 bits per heavy atom. The fourth-order valence-electron chi connectivity index (χ4n) is 2.78. The summed E-state index contributed by atoms with van der Waals surface area (Å²) in [4.78, 5) is 17.0. The van der Waals surface area contributed by atoms with Crippen LogP contribution in [-0.2, 0) is 6.42 Å². The van der Waals surface area contributed by atoms with Gasteiger partial charge in [-0.05, 0) is 36.2 Å². The van der Waals surface area contributed by atoms with Crippen molar-refractivity contribution >= 4 is 21.8 Å². The number of H-pyrrole nitrogens is 1. The van der Waals surface area contributed by atoms with Crippen LogP contribution in [0.4, 0.5) is 0 Å². The summed E-state index contributed by atoms with van der Waals surface area (Å²) >= 11 is 0. The summed E-state index contributed by atoms with van der Waals surface area (Å²) in [6, 6.07) is 15.8. The maximum atomic E-state index is 12.6. The average molecular weight is 289 g/mol. The molecule has 1 N–H and O–H groups in total. The van der Waals surface area contributed by atoms with Crippen LogP contribution < -0.4 is 5.56 Å². The van der Waals surface area contributed by atoms with Crippen LogP contribution in [0.2, 0.25) is 0 Å². The first-order valence-electron chi connectivity index (χ1n) is 7.35. The second kappa shape index (κ2) is 4.84. The maximum absolute atomic E-state index is 12.6. The first-order chi connectivity index (χ1) is 10.8. The van der Waals surface area contributed by atoms with Crippen molar-refractivity contribution in [2.24, 2.45) is 0 Å². The number of pyridine rings is 1. The summed E-state index contributed by atoms with van der Waals surface area (Å²) in [6.45, 7) is 2.12. The molecule has 4 nitrogen and oxygen atoms in total. The summed E-state index contributed by atoms with van der Waals surface area (Å²) < 4.78 is 1.57. The summed E-state index contributed by atoms with van der Waals surface area (Å²) in [6.07, 6.45) is 2.61. The molecule has 0 atom stereocenters. The van der Waals surface area contributed by atoms with Gasteiger partial charge in [-0.2, -0.15) is 0 Å². The van der Waals surface area contributed by atoms with Gasteiger partial charge in [0.25, 0.3) is 5.56 Å². The number of para-hydroxylation sites is 1. The van der Waals surface area contributed by atoms with Gasteiger partial charge in [-0.1, -0.05) is 31.2 Å². The van der Waals surface area contributed by atoms with E-state index in [-0.39, 0.29) is 5.56 Å². The average Bonchev–Trinajstić information content (AvgIpc) is 2.92. The van der Waals surface area contributed by atoms with E-state index in [2.05, 4.69) is 29.1 Å². The number of hydrogen-bond acceptors (Lipinski definition) is 2. The van der Waals surface area contributed by atoms with Crippen molar-refractivity contribution in [3.05, 3.63) is 70.6 Å². The minimum Gasteiger partial charge on any atom is -0.290 e. The maximum Gasteiger partial charge on any atom is 0.280 e. The van der Waals surface area contributed by atoms with Gasteiger partial charge in [0.15, 0.2) is 0 Å². The Bertz CT molecular complexity index is 1030. The lowest BCUT2D eigenvalue weighted by molar-refractivity contribution is 0.864. The third-order valence-electron chi connectivity index (χ3n) is 4.01. The molecule has 0 fully saturated rings. The number of aryl methyl sites for hydroxylation is 1. The molecule has 0 radical (unpaired) electrons. The number of benzene rings is 2. The molecule has 0 bridgehead atoms. The molecule has 108 valence electrons. The Kier molecular flexibility index (Phi) is 2.82. The number of nitrogens with one attached hydrogen (secondary N) is 1. The van der Waals surface area contributed by atoms with E-state index >= 15 is 0 Å². The molecule has 2 heterocycles. The van der Waals surface area contributed by atoms with Gasteiger partial charge in [-0.3, -0.25) is 14.9 Å². The highest BCUT2D eigenvalue weighted by molar-refractivity contribution is 6.03. The van der Waals surface area contributed by atoms with Crippen molar-refractivity contribution in [2.45, 2.75) is 13.3 Å². The zero-order valence-corrected chi connectivity index (χ0v) is 12.2. The summed E-state index contributed by atoms with van der Waals surface area (Å²) in [7, 11) is 0. The van der Waals surface area contributed by atoms with Crippen LogP contribution in [0.15, 0.2) is 59.5 Å².